The average Bonchev–Trinajstić information content (AvgIpc) is 3.12. The number of rotatable bonds is 7. The molecule has 3 rings (SSSR count). The molecule has 2 N–H and O–H groups in total. The quantitative estimate of drug-likeness (QED) is 0.651. The predicted molar refractivity (Wildman–Crippen MR) is 119 cm³/mol. The monoisotopic (exact) mass is 435 g/mol. The highest BCUT2D eigenvalue weighted by Crippen LogP contribution is 2.33. The second-order valence-electron chi connectivity index (χ2n) is 7.89. The first-order valence-electron chi connectivity index (χ1n) is 10.1. The van der Waals surface area contributed by atoms with Crippen LogP contribution in [0, 0.1) is 11.8 Å². The van der Waals surface area contributed by atoms with Crippen LogP contribution in [-0.4, -0.2) is 30.5 Å². The Balaban J connectivity index is 0.00000182. The highest BCUT2D eigenvalue weighted by molar-refractivity contribution is 7.09. The van der Waals surface area contributed by atoms with Gasteiger partial charge in [-0.15, -0.1) is 36.2 Å². The zero-order chi connectivity index (χ0) is 17.5. The molecule has 4 nitrogen and oxygen atoms in total. The third-order valence-corrected chi connectivity index (χ3v) is 6.83. The Kier molecular flexibility index (Phi) is 11.9. The van der Waals surface area contributed by atoms with Crippen LogP contribution in [0.4, 0.5) is 0 Å². The van der Waals surface area contributed by atoms with Gasteiger partial charge in [0.2, 0.25) is 5.91 Å². The fourth-order valence-corrected chi connectivity index (χ4v) is 5.11. The Morgan fingerprint density at radius 2 is 2.04 bits per heavy atom. The second kappa shape index (κ2) is 13.0. The molecule has 0 radical (unpaired) electrons. The zero-order valence-corrected chi connectivity index (χ0v) is 18.8. The molecule has 0 aromatic carbocycles. The van der Waals surface area contributed by atoms with Crippen LogP contribution in [-0.2, 0) is 11.2 Å². The van der Waals surface area contributed by atoms with Crippen LogP contribution in [0.25, 0.3) is 0 Å². The molecule has 1 amide bonds. The molecule has 156 valence electrons. The molecule has 1 aromatic heterocycles. The summed E-state index contributed by atoms with van der Waals surface area (Å²) >= 11 is 1.76. The number of halogens is 2. The molecule has 2 unspecified atom stereocenters. The molecule has 1 saturated carbocycles. The second-order valence-corrected chi connectivity index (χ2v) is 8.83. The lowest BCUT2D eigenvalue weighted by molar-refractivity contribution is -0.122. The van der Waals surface area contributed by atoms with E-state index in [4.69, 9.17) is 4.98 Å². The lowest BCUT2D eigenvalue weighted by Gasteiger charge is -2.28. The number of nitrogens with one attached hydrogen (secondary N) is 2. The number of piperidine rings is 1. The molecular formula is C20H35Cl2N3OS. The fraction of sp³-hybridized carbons (Fsp3) is 0.800. The van der Waals surface area contributed by atoms with Crippen molar-refractivity contribution in [2.75, 3.05) is 19.6 Å². The summed E-state index contributed by atoms with van der Waals surface area (Å²) in [5.74, 6) is 1.99. The topological polar surface area (TPSA) is 54.0 Å². The number of hydrogen-bond acceptors (Lipinski definition) is 4. The van der Waals surface area contributed by atoms with Crippen molar-refractivity contribution in [2.45, 2.75) is 70.6 Å². The maximum absolute atomic E-state index is 12.2. The van der Waals surface area contributed by atoms with Crippen LogP contribution in [0.5, 0.6) is 0 Å². The van der Waals surface area contributed by atoms with Crippen LogP contribution in [0.1, 0.15) is 74.9 Å². The SMILES string of the molecule is CC(CC(=O)NCCc1nc(C2CCCCC2)cs1)C1CCCNC1.Cl.Cl. The maximum Gasteiger partial charge on any atom is 0.220 e. The Bertz CT molecular complexity index is 543. The summed E-state index contributed by atoms with van der Waals surface area (Å²) in [5.41, 5.74) is 1.30. The summed E-state index contributed by atoms with van der Waals surface area (Å²) < 4.78 is 0. The molecule has 1 saturated heterocycles. The first kappa shape index (κ1) is 24.7. The lowest BCUT2D eigenvalue weighted by atomic mass is 9.85. The van der Waals surface area contributed by atoms with Gasteiger partial charge in [-0.05, 0) is 50.6 Å². The van der Waals surface area contributed by atoms with Crippen molar-refractivity contribution in [1.29, 1.82) is 0 Å². The van der Waals surface area contributed by atoms with E-state index in [1.807, 2.05) is 0 Å². The van der Waals surface area contributed by atoms with Gasteiger partial charge >= 0.3 is 0 Å². The van der Waals surface area contributed by atoms with E-state index in [1.54, 1.807) is 11.3 Å². The molecule has 27 heavy (non-hydrogen) atoms. The van der Waals surface area contributed by atoms with Crippen LogP contribution in [0.3, 0.4) is 0 Å². The van der Waals surface area contributed by atoms with Crippen molar-refractivity contribution in [3.63, 3.8) is 0 Å². The summed E-state index contributed by atoms with van der Waals surface area (Å²) in [6, 6.07) is 0. The number of nitrogens with zero attached hydrogens (tertiary/aromatic N) is 1. The number of thiazole rings is 1. The van der Waals surface area contributed by atoms with E-state index in [2.05, 4.69) is 22.9 Å². The summed E-state index contributed by atoms with van der Waals surface area (Å²) in [6.07, 6.45) is 10.7. The molecule has 2 aliphatic rings. The van der Waals surface area contributed by atoms with Crippen molar-refractivity contribution in [3.05, 3.63) is 16.1 Å². The normalized spacial score (nSPS) is 21.6. The smallest absolute Gasteiger partial charge is 0.220 e. The molecule has 1 aliphatic carbocycles. The standard InChI is InChI=1S/C20H33N3OS.2ClH/c1-15(17-8-5-10-21-13-17)12-19(24)22-11-9-20-23-18(14-25-20)16-6-3-2-4-7-16;;/h14-17,21H,2-13H2,1H3,(H,22,24);2*1H. The minimum Gasteiger partial charge on any atom is -0.356 e. The van der Waals surface area contributed by atoms with Crippen molar-refractivity contribution >= 4 is 42.1 Å². The highest BCUT2D eigenvalue weighted by atomic mass is 35.5. The molecule has 7 heteroatoms. The van der Waals surface area contributed by atoms with Gasteiger partial charge in [0.1, 0.15) is 0 Å². The van der Waals surface area contributed by atoms with Crippen LogP contribution < -0.4 is 10.6 Å². The zero-order valence-electron chi connectivity index (χ0n) is 16.4. The summed E-state index contributed by atoms with van der Waals surface area (Å²) in [4.78, 5) is 17.0. The van der Waals surface area contributed by atoms with Gasteiger partial charge in [0.05, 0.1) is 10.7 Å². The predicted octanol–water partition coefficient (Wildman–Crippen LogP) is 4.72. The number of amides is 1. The number of carbonyl (C=O) groups is 1. The summed E-state index contributed by atoms with van der Waals surface area (Å²) in [6.45, 7) is 5.13. The highest BCUT2D eigenvalue weighted by Gasteiger charge is 2.22. The van der Waals surface area contributed by atoms with E-state index in [0.717, 1.165) is 19.5 Å². The minimum atomic E-state index is 0. The van der Waals surface area contributed by atoms with Gasteiger partial charge in [0.25, 0.3) is 0 Å². The third-order valence-electron chi connectivity index (χ3n) is 5.90. The van der Waals surface area contributed by atoms with Gasteiger partial charge in [0.15, 0.2) is 0 Å². The Labute approximate surface area is 180 Å². The van der Waals surface area contributed by atoms with E-state index in [1.165, 1.54) is 55.6 Å². The molecule has 2 heterocycles. The summed E-state index contributed by atoms with van der Waals surface area (Å²) in [5, 5.41) is 9.95. The lowest BCUT2D eigenvalue weighted by Crippen LogP contribution is -2.36. The van der Waals surface area contributed by atoms with Crippen molar-refractivity contribution < 1.29 is 4.79 Å². The molecular weight excluding hydrogens is 401 g/mol. The Hall–Kier alpha value is -0.360. The number of aromatic nitrogens is 1. The molecule has 1 aromatic rings. The van der Waals surface area contributed by atoms with E-state index in [-0.39, 0.29) is 30.7 Å². The van der Waals surface area contributed by atoms with Gasteiger partial charge in [0, 0.05) is 30.7 Å². The molecule has 1 aliphatic heterocycles. The van der Waals surface area contributed by atoms with Crippen molar-refractivity contribution in [3.8, 4) is 0 Å². The maximum atomic E-state index is 12.2. The van der Waals surface area contributed by atoms with E-state index in [0.29, 0.717) is 30.7 Å². The van der Waals surface area contributed by atoms with Gasteiger partial charge in [-0.3, -0.25) is 4.79 Å². The number of hydrogen-bond donors (Lipinski definition) is 2. The van der Waals surface area contributed by atoms with E-state index >= 15 is 0 Å². The van der Waals surface area contributed by atoms with E-state index < -0.39 is 0 Å². The molecule has 0 spiro atoms. The molecule has 2 fully saturated rings. The van der Waals surface area contributed by atoms with E-state index in [9.17, 15) is 4.79 Å². The van der Waals surface area contributed by atoms with Gasteiger partial charge < -0.3 is 10.6 Å². The van der Waals surface area contributed by atoms with Crippen LogP contribution in [0.2, 0.25) is 0 Å². The Morgan fingerprint density at radius 1 is 1.26 bits per heavy atom. The minimum absolute atomic E-state index is 0. The third kappa shape index (κ3) is 7.88. The van der Waals surface area contributed by atoms with Crippen LogP contribution >= 0.6 is 36.2 Å². The Morgan fingerprint density at radius 3 is 2.74 bits per heavy atom. The van der Waals surface area contributed by atoms with Crippen molar-refractivity contribution in [2.24, 2.45) is 11.8 Å². The fourth-order valence-electron chi connectivity index (χ4n) is 4.23. The first-order chi connectivity index (χ1) is 12.2. The summed E-state index contributed by atoms with van der Waals surface area (Å²) in [7, 11) is 0. The van der Waals surface area contributed by atoms with Crippen LogP contribution in [0.15, 0.2) is 5.38 Å². The van der Waals surface area contributed by atoms with Gasteiger partial charge in [-0.2, -0.15) is 0 Å². The molecule has 2 atom stereocenters. The average molecular weight is 436 g/mol. The van der Waals surface area contributed by atoms with Gasteiger partial charge in [-0.25, -0.2) is 4.98 Å². The number of carbonyl (C=O) groups excluding carboxylic acids is 1. The first-order valence-corrected chi connectivity index (χ1v) is 11.0. The largest absolute Gasteiger partial charge is 0.356 e. The molecule has 0 bridgehead atoms. The van der Waals surface area contributed by atoms with Gasteiger partial charge in [-0.1, -0.05) is 26.2 Å². The van der Waals surface area contributed by atoms with Crippen molar-refractivity contribution in [1.82, 2.24) is 15.6 Å².